The highest BCUT2D eigenvalue weighted by Gasteiger charge is 2.22. The van der Waals surface area contributed by atoms with Crippen molar-refractivity contribution >= 4 is 16.9 Å². The molecule has 0 unspecified atom stereocenters. The maximum Gasteiger partial charge on any atom is 0.347 e. The molecular formula is C22H31NO4. The SMILES string of the molecule is CCCCCCCCCCn1c(=O)c(C(=O)OCC)c(O)c2ccccc21. The van der Waals surface area contributed by atoms with E-state index in [1.165, 1.54) is 32.1 Å². The van der Waals surface area contributed by atoms with Gasteiger partial charge in [-0.05, 0) is 25.5 Å². The molecule has 1 aromatic heterocycles. The fraction of sp³-hybridized carbons (Fsp3) is 0.545. The molecule has 1 aromatic carbocycles. The van der Waals surface area contributed by atoms with E-state index in [1.807, 2.05) is 6.07 Å². The van der Waals surface area contributed by atoms with E-state index in [0.29, 0.717) is 17.4 Å². The predicted octanol–water partition coefficient (Wildman–Crippen LogP) is 5.02. The molecule has 0 amide bonds. The van der Waals surface area contributed by atoms with Gasteiger partial charge in [0, 0.05) is 11.9 Å². The van der Waals surface area contributed by atoms with Crippen molar-refractivity contribution in [1.29, 1.82) is 0 Å². The number of hydrogen-bond acceptors (Lipinski definition) is 4. The molecule has 148 valence electrons. The molecule has 27 heavy (non-hydrogen) atoms. The van der Waals surface area contributed by atoms with Crippen LogP contribution < -0.4 is 5.56 Å². The lowest BCUT2D eigenvalue weighted by Crippen LogP contribution is -2.28. The maximum absolute atomic E-state index is 12.9. The van der Waals surface area contributed by atoms with E-state index in [4.69, 9.17) is 4.74 Å². The highest BCUT2D eigenvalue weighted by molar-refractivity contribution is 5.99. The summed E-state index contributed by atoms with van der Waals surface area (Å²) < 4.78 is 6.57. The van der Waals surface area contributed by atoms with Gasteiger partial charge < -0.3 is 14.4 Å². The van der Waals surface area contributed by atoms with Crippen LogP contribution in [0, 0.1) is 0 Å². The summed E-state index contributed by atoms with van der Waals surface area (Å²) in [6.45, 7) is 4.57. The molecule has 2 rings (SSSR count). The molecule has 0 spiro atoms. The van der Waals surface area contributed by atoms with Crippen LogP contribution in [0.3, 0.4) is 0 Å². The first-order valence-corrected chi connectivity index (χ1v) is 10.1. The number of aryl methyl sites for hydroxylation is 1. The average Bonchev–Trinajstić information content (AvgIpc) is 2.66. The molecule has 1 N–H and O–H groups in total. The first kappa shape index (κ1) is 21.0. The van der Waals surface area contributed by atoms with Crippen LogP contribution in [-0.2, 0) is 11.3 Å². The van der Waals surface area contributed by atoms with Gasteiger partial charge in [-0.2, -0.15) is 0 Å². The number of esters is 1. The van der Waals surface area contributed by atoms with Gasteiger partial charge in [0.2, 0.25) is 0 Å². The Morgan fingerprint density at radius 3 is 2.30 bits per heavy atom. The minimum atomic E-state index is -0.768. The third kappa shape index (κ3) is 5.34. The number of carbonyl (C=O) groups excluding carboxylic acids is 1. The molecule has 0 aliphatic carbocycles. The number of pyridine rings is 1. The van der Waals surface area contributed by atoms with Crippen molar-refractivity contribution in [3.05, 3.63) is 40.2 Å². The van der Waals surface area contributed by atoms with Crippen LogP contribution in [0.4, 0.5) is 0 Å². The topological polar surface area (TPSA) is 68.5 Å². The minimum absolute atomic E-state index is 0.155. The number of rotatable bonds is 11. The molecule has 0 saturated carbocycles. The van der Waals surface area contributed by atoms with Crippen molar-refractivity contribution in [1.82, 2.24) is 4.57 Å². The Kier molecular flexibility index (Phi) is 8.37. The molecule has 0 saturated heterocycles. The van der Waals surface area contributed by atoms with Crippen LogP contribution >= 0.6 is 0 Å². The van der Waals surface area contributed by atoms with Crippen molar-refractivity contribution in [2.45, 2.75) is 71.8 Å². The van der Waals surface area contributed by atoms with E-state index in [0.717, 1.165) is 19.3 Å². The Labute approximate surface area is 161 Å². The van der Waals surface area contributed by atoms with Crippen LogP contribution in [0.5, 0.6) is 5.75 Å². The van der Waals surface area contributed by atoms with Crippen molar-refractivity contribution < 1.29 is 14.6 Å². The van der Waals surface area contributed by atoms with Crippen LogP contribution in [-0.4, -0.2) is 22.2 Å². The molecule has 5 nitrogen and oxygen atoms in total. The van der Waals surface area contributed by atoms with E-state index < -0.39 is 11.5 Å². The number of fused-ring (bicyclic) bond motifs is 1. The predicted molar refractivity (Wildman–Crippen MR) is 108 cm³/mol. The largest absolute Gasteiger partial charge is 0.506 e. The van der Waals surface area contributed by atoms with Crippen molar-refractivity contribution in [3.63, 3.8) is 0 Å². The first-order valence-electron chi connectivity index (χ1n) is 10.1. The lowest BCUT2D eigenvalue weighted by Gasteiger charge is -2.14. The number of unbranched alkanes of at least 4 members (excludes halogenated alkanes) is 7. The summed E-state index contributed by atoms with van der Waals surface area (Å²) in [4.78, 5) is 25.0. The second-order valence-electron chi connectivity index (χ2n) is 6.89. The summed E-state index contributed by atoms with van der Waals surface area (Å²) in [6.07, 6.45) is 9.39. The summed E-state index contributed by atoms with van der Waals surface area (Å²) in [5.41, 5.74) is -0.0984. The highest BCUT2D eigenvalue weighted by Crippen LogP contribution is 2.27. The van der Waals surface area contributed by atoms with Crippen LogP contribution in [0.15, 0.2) is 29.1 Å². The molecule has 5 heteroatoms. The second kappa shape index (κ2) is 10.8. The van der Waals surface area contributed by atoms with Gasteiger partial charge in [-0.25, -0.2) is 4.79 Å². The number of aromatic hydroxyl groups is 1. The smallest absolute Gasteiger partial charge is 0.347 e. The summed E-state index contributed by atoms with van der Waals surface area (Å²) in [5, 5.41) is 10.9. The number of carbonyl (C=O) groups is 1. The number of benzene rings is 1. The Bertz CT molecular complexity index is 810. The number of nitrogens with zero attached hydrogens (tertiary/aromatic N) is 1. The van der Waals surface area contributed by atoms with Crippen molar-refractivity contribution in [2.75, 3.05) is 6.61 Å². The Balaban J connectivity index is 2.15. The van der Waals surface area contributed by atoms with E-state index in [1.54, 1.807) is 29.7 Å². The lowest BCUT2D eigenvalue weighted by atomic mass is 10.1. The van der Waals surface area contributed by atoms with Gasteiger partial charge in [0.05, 0.1) is 12.1 Å². The standard InChI is InChI=1S/C22H31NO4/c1-3-5-6-7-8-9-10-13-16-23-18-15-12-11-14-17(18)20(24)19(21(23)25)22(26)27-4-2/h11-12,14-15,24H,3-10,13,16H2,1-2H3. The molecule has 0 fully saturated rings. The van der Waals surface area contributed by atoms with Crippen LogP contribution in [0.25, 0.3) is 10.9 Å². The quantitative estimate of drug-likeness (QED) is 0.443. The Morgan fingerprint density at radius 2 is 1.63 bits per heavy atom. The zero-order chi connectivity index (χ0) is 19.6. The third-order valence-electron chi connectivity index (χ3n) is 4.86. The van der Waals surface area contributed by atoms with E-state index in [2.05, 4.69) is 6.92 Å². The average molecular weight is 373 g/mol. The van der Waals surface area contributed by atoms with Gasteiger partial charge >= 0.3 is 5.97 Å². The van der Waals surface area contributed by atoms with Gasteiger partial charge in [0.25, 0.3) is 5.56 Å². The maximum atomic E-state index is 12.9. The molecule has 2 aromatic rings. The fourth-order valence-corrected chi connectivity index (χ4v) is 3.40. The third-order valence-corrected chi connectivity index (χ3v) is 4.86. The van der Waals surface area contributed by atoms with Crippen LogP contribution in [0.1, 0.15) is 75.6 Å². The second-order valence-corrected chi connectivity index (χ2v) is 6.89. The Morgan fingerprint density at radius 1 is 1.00 bits per heavy atom. The van der Waals surface area contributed by atoms with E-state index in [-0.39, 0.29) is 17.9 Å². The van der Waals surface area contributed by atoms with Gasteiger partial charge in [-0.3, -0.25) is 4.79 Å². The minimum Gasteiger partial charge on any atom is -0.506 e. The molecular weight excluding hydrogens is 342 g/mol. The molecule has 0 aliphatic heterocycles. The molecule has 1 heterocycles. The number of para-hydroxylation sites is 1. The van der Waals surface area contributed by atoms with E-state index in [9.17, 15) is 14.7 Å². The lowest BCUT2D eigenvalue weighted by molar-refractivity contribution is 0.0520. The van der Waals surface area contributed by atoms with Gasteiger partial charge in [-0.15, -0.1) is 0 Å². The normalized spacial score (nSPS) is 11.0. The first-order chi connectivity index (χ1) is 13.1. The zero-order valence-electron chi connectivity index (χ0n) is 16.5. The van der Waals surface area contributed by atoms with Crippen LogP contribution in [0.2, 0.25) is 0 Å². The molecule has 0 bridgehead atoms. The highest BCUT2D eigenvalue weighted by atomic mass is 16.5. The monoisotopic (exact) mass is 373 g/mol. The Hall–Kier alpha value is -2.30. The summed E-state index contributed by atoms with van der Waals surface area (Å²) in [5.74, 6) is -1.06. The number of aromatic nitrogens is 1. The summed E-state index contributed by atoms with van der Waals surface area (Å²) >= 11 is 0. The fourth-order valence-electron chi connectivity index (χ4n) is 3.40. The van der Waals surface area contributed by atoms with Crippen molar-refractivity contribution in [2.24, 2.45) is 0 Å². The van der Waals surface area contributed by atoms with Gasteiger partial charge in [0.15, 0.2) is 5.56 Å². The molecule has 0 radical (unpaired) electrons. The molecule has 0 atom stereocenters. The van der Waals surface area contributed by atoms with E-state index >= 15 is 0 Å². The number of hydrogen-bond donors (Lipinski definition) is 1. The summed E-state index contributed by atoms with van der Waals surface area (Å²) in [6, 6.07) is 7.13. The van der Waals surface area contributed by atoms with Crippen molar-refractivity contribution in [3.8, 4) is 5.75 Å². The zero-order valence-corrected chi connectivity index (χ0v) is 16.5. The van der Waals surface area contributed by atoms with Gasteiger partial charge in [-0.1, -0.05) is 64.0 Å². The van der Waals surface area contributed by atoms with Gasteiger partial charge in [0.1, 0.15) is 5.75 Å². The summed E-state index contributed by atoms with van der Waals surface area (Å²) in [7, 11) is 0. The molecule has 0 aliphatic rings. The number of ether oxygens (including phenoxy) is 1.